The maximum Gasteiger partial charge on any atom is 0.410 e. The summed E-state index contributed by atoms with van der Waals surface area (Å²) in [5, 5.41) is 3.46. The van der Waals surface area contributed by atoms with Crippen molar-refractivity contribution in [2.24, 2.45) is 0 Å². The Hall–Kier alpha value is -5.73. The Bertz CT molecular complexity index is 2040. The first kappa shape index (κ1) is 40.9. The van der Waals surface area contributed by atoms with Crippen molar-refractivity contribution in [2.45, 2.75) is 52.3 Å². The van der Waals surface area contributed by atoms with Crippen LogP contribution in [0.25, 0.3) is 11.3 Å². The molecular formula is C43H53N7O7. The summed E-state index contributed by atoms with van der Waals surface area (Å²) in [4.78, 5) is 78.9. The SMILES string of the molecule is COC(=O)c1ccc2c(c1)N(C(=O)N1C[C@H](C)N(C(=O)OC(C)(C)C)C[C@@H]1C)C(=O)/C2=C(\Nc1ccc(N(C)C(=O)CN2CCN(C)CC2)cc1)c1ccccc1. The zero-order valence-electron chi connectivity index (χ0n) is 34.1. The van der Waals surface area contributed by atoms with Crippen molar-refractivity contribution in [3.8, 4) is 0 Å². The Morgan fingerprint density at radius 2 is 1.47 bits per heavy atom. The molecule has 6 rings (SSSR count). The molecule has 2 atom stereocenters. The van der Waals surface area contributed by atoms with E-state index in [1.54, 1.807) is 54.7 Å². The lowest BCUT2D eigenvalue weighted by atomic mass is 9.99. The van der Waals surface area contributed by atoms with Crippen LogP contribution in [0.15, 0.2) is 72.8 Å². The van der Waals surface area contributed by atoms with Crippen molar-refractivity contribution >= 4 is 58.2 Å². The Labute approximate surface area is 334 Å². The quantitative estimate of drug-likeness (QED) is 0.244. The molecule has 0 aromatic heterocycles. The number of fused-ring (bicyclic) bond motifs is 1. The highest BCUT2D eigenvalue weighted by Crippen LogP contribution is 2.43. The van der Waals surface area contributed by atoms with Crippen LogP contribution in [0.3, 0.4) is 0 Å². The van der Waals surface area contributed by atoms with E-state index < -0.39 is 41.7 Å². The number of likely N-dealkylation sites (N-methyl/N-ethyl adjacent to an activating group) is 2. The molecule has 3 aliphatic heterocycles. The molecule has 3 aromatic carbocycles. The van der Waals surface area contributed by atoms with E-state index in [9.17, 15) is 24.0 Å². The number of hydrogen-bond acceptors (Lipinski definition) is 10. The highest BCUT2D eigenvalue weighted by atomic mass is 16.6. The Kier molecular flexibility index (Phi) is 12.0. The van der Waals surface area contributed by atoms with Gasteiger partial charge < -0.3 is 34.4 Å². The maximum atomic E-state index is 14.8. The monoisotopic (exact) mass is 779 g/mol. The normalized spacial score (nSPS) is 19.9. The average Bonchev–Trinajstić information content (AvgIpc) is 3.47. The van der Waals surface area contributed by atoms with Gasteiger partial charge in [-0.15, -0.1) is 0 Å². The van der Waals surface area contributed by atoms with Crippen LogP contribution in [0.5, 0.6) is 0 Å². The van der Waals surface area contributed by atoms with Crippen molar-refractivity contribution in [1.82, 2.24) is 19.6 Å². The lowest BCUT2D eigenvalue weighted by molar-refractivity contribution is -0.119. The third-order valence-corrected chi connectivity index (χ3v) is 10.6. The number of amides is 5. The van der Waals surface area contributed by atoms with Gasteiger partial charge in [-0.25, -0.2) is 19.3 Å². The number of hydrogen-bond donors (Lipinski definition) is 1. The molecule has 0 aliphatic carbocycles. The summed E-state index contributed by atoms with van der Waals surface area (Å²) in [6.07, 6.45) is -0.472. The molecule has 302 valence electrons. The van der Waals surface area contributed by atoms with Crippen molar-refractivity contribution < 1.29 is 33.4 Å². The van der Waals surface area contributed by atoms with Gasteiger partial charge in [0.2, 0.25) is 5.91 Å². The highest BCUT2D eigenvalue weighted by Gasteiger charge is 2.45. The summed E-state index contributed by atoms with van der Waals surface area (Å²) in [5.74, 6) is -1.20. The lowest BCUT2D eigenvalue weighted by Crippen LogP contribution is -2.62. The smallest absolute Gasteiger partial charge is 0.410 e. The minimum absolute atomic E-state index is 0.00781. The minimum Gasteiger partial charge on any atom is -0.465 e. The van der Waals surface area contributed by atoms with Crippen molar-refractivity contribution in [1.29, 1.82) is 0 Å². The van der Waals surface area contributed by atoms with Gasteiger partial charge in [0.1, 0.15) is 5.60 Å². The number of imide groups is 1. The molecule has 57 heavy (non-hydrogen) atoms. The third-order valence-electron chi connectivity index (χ3n) is 10.6. The predicted molar refractivity (Wildman–Crippen MR) is 220 cm³/mol. The average molecular weight is 780 g/mol. The number of ether oxygens (including phenoxy) is 2. The van der Waals surface area contributed by atoms with E-state index >= 15 is 0 Å². The van der Waals surface area contributed by atoms with E-state index in [-0.39, 0.29) is 35.8 Å². The van der Waals surface area contributed by atoms with Gasteiger partial charge in [-0.05, 0) is 83.6 Å². The second-order valence-corrected chi connectivity index (χ2v) is 15.9. The standard InChI is InChI=1S/C43H53N7O7/c1-28-26-49(42(55)57-43(3,4)5)29(2)25-48(28)41(54)50-35-24-31(40(53)56-8)14-19-34(35)37(39(50)52)38(30-12-10-9-11-13-30)44-32-15-17-33(18-16-32)46(7)36(51)27-47-22-20-45(6)21-23-47/h9-19,24,28-29,44H,20-23,25-27H2,1-8H3/b38-37-/t28-,29-/m0/s1. The number of carbonyl (C=O) groups is 5. The van der Waals surface area contributed by atoms with Gasteiger partial charge in [-0.1, -0.05) is 36.4 Å². The van der Waals surface area contributed by atoms with E-state index in [4.69, 9.17) is 9.47 Å². The second-order valence-electron chi connectivity index (χ2n) is 15.9. The van der Waals surface area contributed by atoms with Gasteiger partial charge in [0.05, 0.1) is 36.2 Å². The van der Waals surface area contributed by atoms with Crippen molar-refractivity contribution in [3.05, 3.63) is 89.5 Å². The van der Waals surface area contributed by atoms with E-state index in [1.165, 1.54) is 13.2 Å². The first-order valence-electron chi connectivity index (χ1n) is 19.3. The van der Waals surface area contributed by atoms with Crippen LogP contribution in [-0.4, -0.2) is 134 Å². The third kappa shape index (κ3) is 8.97. The van der Waals surface area contributed by atoms with Crippen LogP contribution in [0.1, 0.15) is 56.1 Å². The second kappa shape index (κ2) is 16.8. The first-order chi connectivity index (χ1) is 27.1. The molecule has 3 heterocycles. The lowest BCUT2D eigenvalue weighted by Gasteiger charge is -2.44. The number of piperazine rings is 2. The molecule has 0 spiro atoms. The van der Waals surface area contributed by atoms with Gasteiger partial charge in [0, 0.05) is 75.3 Å². The fraction of sp³-hybridized carbons (Fsp3) is 0.419. The molecule has 2 saturated heterocycles. The molecule has 14 nitrogen and oxygen atoms in total. The zero-order valence-corrected chi connectivity index (χ0v) is 34.1. The van der Waals surface area contributed by atoms with Gasteiger partial charge in [0.15, 0.2) is 0 Å². The Morgan fingerprint density at radius 1 is 0.842 bits per heavy atom. The van der Waals surface area contributed by atoms with Gasteiger partial charge in [0.25, 0.3) is 5.91 Å². The summed E-state index contributed by atoms with van der Waals surface area (Å²) in [7, 11) is 5.11. The fourth-order valence-corrected chi connectivity index (χ4v) is 7.28. The van der Waals surface area contributed by atoms with E-state index in [1.807, 2.05) is 68.4 Å². The number of carbonyl (C=O) groups excluding carboxylic acids is 5. The number of esters is 1. The van der Waals surface area contributed by atoms with E-state index in [2.05, 4.69) is 22.2 Å². The molecule has 0 unspecified atom stereocenters. The molecule has 14 heteroatoms. The van der Waals surface area contributed by atoms with E-state index in [0.717, 1.165) is 36.8 Å². The number of nitrogens with one attached hydrogen (secondary N) is 1. The summed E-state index contributed by atoms with van der Waals surface area (Å²) < 4.78 is 10.6. The number of urea groups is 1. The van der Waals surface area contributed by atoms with Gasteiger partial charge >= 0.3 is 18.1 Å². The van der Waals surface area contributed by atoms with Crippen LogP contribution in [0.2, 0.25) is 0 Å². The molecule has 0 radical (unpaired) electrons. The number of methoxy groups -OCH3 is 1. The Morgan fingerprint density at radius 3 is 2.11 bits per heavy atom. The van der Waals surface area contributed by atoms with Crippen molar-refractivity contribution in [2.75, 3.05) is 82.1 Å². The number of anilines is 3. The molecule has 0 bridgehead atoms. The van der Waals surface area contributed by atoms with Gasteiger partial charge in [-0.3, -0.25) is 14.5 Å². The van der Waals surface area contributed by atoms with Crippen LogP contribution in [0, 0.1) is 0 Å². The summed E-state index contributed by atoms with van der Waals surface area (Å²) in [5.41, 5.74) is 2.92. The summed E-state index contributed by atoms with van der Waals surface area (Å²) in [6.45, 7) is 13.3. The summed E-state index contributed by atoms with van der Waals surface area (Å²) >= 11 is 0. The predicted octanol–water partition coefficient (Wildman–Crippen LogP) is 5.46. The number of benzene rings is 3. The van der Waals surface area contributed by atoms with Crippen LogP contribution < -0.4 is 15.1 Å². The van der Waals surface area contributed by atoms with E-state index in [0.29, 0.717) is 29.1 Å². The van der Waals surface area contributed by atoms with Gasteiger partial charge in [-0.2, -0.15) is 0 Å². The molecule has 5 amide bonds. The molecule has 0 saturated carbocycles. The highest BCUT2D eigenvalue weighted by molar-refractivity contribution is 6.44. The van der Waals surface area contributed by atoms with Crippen LogP contribution in [-0.2, 0) is 19.1 Å². The number of rotatable bonds is 7. The molecule has 3 aliphatic rings. The molecule has 1 N–H and O–H groups in total. The first-order valence-corrected chi connectivity index (χ1v) is 19.3. The molecule has 3 aromatic rings. The summed E-state index contributed by atoms with van der Waals surface area (Å²) in [6, 6.07) is 20.0. The Balaban J connectivity index is 1.33. The molecule has 2 fully saturated rings. The fourth-order valence-electron chi connectivity index (χ4n) is 7.28. The van der Waals surface area contributed by atoms with Crippen molar-refractivity contribution in [3.63, 3.8) is 0 Å². The van der Waals surface area contributed by atoms with Crippen LogP contribution >= 0.6 is 0 Å². The molecular weight excluding hydrogens is 727 g/mol. The number of nitrogens with zero attached hydrogens (tertiary/aromatic N) is 6. The topological polar surface area (TPSA) is 135 Å². The minimum atomic E-state index is -0.689. The zero-order chi connectivity index (χ0) is 41.2. The largest absolute Gasteiger partial charge is 0.465 e. The van der Waals surface area contributed by atoms with Crippen LogP contribution in [0.4, 0.5) is 26.7 Å². The maximum absolute atomic E-state index is 14.8.